The van der Waals surface area contributed by atoms with Gasteiger partial charge in [-0.05, 0) is 80.8 Å². The fourth-order valence-electron chi connectivity index (χ4n) is 6.99. The molecule has 1 amide bonds. The van der Waals surface area contributed by atoms with Crippen LogP contribution in [0.4, 0.5) is 24.5 Å². The lowest BCUT2D eigenvalue weighted by molar-refractivity contribution is -0.140. The highest BCUT2D eigenvalue weighted by molar-refractivity contribution is 5.97. The smallest absolute Gasteiger partial charge is 0.406 e. The summed E-state index contributed by atoms with van der Waals surface area (Å²) in [7, 11) is 3.04. The number of aromatic nitrogens is 1. The number of hydrogen-bond acceptors (Lipinski definition) is 6. The van der Waals surface area contributed by atoms with Crippen molar-refractivity contribution in [2.75, 3.05) is 52.3 Å². The Balaban J connectivity index is 1.17. The van der Waals surface area contributed by atoms with Crippen molar-refractivity contribution >= 4 is 33.9 Å². The number of ether oxygens (including phenoxy) is 2. The van der Waals surface area contributed by atoms with E-state index >= 15 is 0 Å². The summed E-state index contributed by atoms with van der Waals surface area (Å²) >= 11 is 0. The van der Waals surface area contributed by atoms with Crippen LogP contribution in [0.25, 0.3) is 10.9 Å². The molecule has 3 aliphatic rings. The molecule has 1 saturated carbocycles. The third kappa shape index (κ3) is 7.03. The zero-order valence-corrected chi connectivity index (χ0v) is 26.3. The van der Waals surface area contributed by atoms with Crippen LogP contribution < -0.4 is 15.4 Å². The molecular formula is C35H40F3N5O3. The van der Waals surface area contributed by atoms with Crippen LogP contribution in [0.1, 0.15) is 54.6 Å². The molecule has 2 aliphatic heterocycles. The Hall–Kier alpha value is -4.01. The van der Waals surface area contributed by atoms with Crippen LogP contribution in [0.3, 0.4) is 0 Å². The first-order valence-electron chi connectivity index (χ1n) is 15.9. The number of amides is 1. The Labute approximate surface area is 267 Å². The van der Waals surface area contributed by atoms with Crippen LogP contribution in [-0.4, -0.2) is 80.3 Å². The molecule has 3 fully saturated rings. The lowest BCUT2D eigenvalue weighted by atomic mass is 9.72. The molecule has 46 heavy (non-hydrogen) atoms. The number of anilines is 1. The van der Waals surface area contributed by atoms with Gasteiger partial charge in [0.2, 0.25) is 0 Å². The van der Waals surface area contributed by atoms with Crippen molar-refractivity contribution < 1.29 is 27.4 Å². The first kappa shape index (κ1) is 32.0. The molecule has 3 heterocycles. The number of carbonyl (C=O) groups is 1. The summed E-state index contributed by atoms with van der Waals surface area (Å²) in [4.78, 5) is 19.5. The number of hydrogen-bond donors (Lipinski definition) is 2. The number of methoxy groups -OCH3 is 1. The van der Waals surface area contributed by atoms with Gasteiger partial charge in [-0.1, -0.05) is 12.0 Å². The molecule has 6 rings (SSSR count). The maximum Gasteiger partial charge on any atom is 0.406 e. The van der Waals surface area contributed by atoms with E-state index in [1.807, 2.05) is 6.07 Å². The summed E-state index contributed by atoms with van der Waals surface area (Å²) < 4.78 is 53.3. The average molecular weight is 636 g/mol. The fourth-order valence-corrected chi connectivity index (χ4v) is 6.99. The Morgan fingerprint density at radius 2 is 1.89 bits per heavy atom. The van der Waals surface area contributed by atoms with Crippen molar-refractivity contribution in [3.05, 3.63) is 53.7 Å². The number of fused-ring (bicyclic) bond motifs is 1. The Morgan fingerprint density at radius 3 is 2.59 bits per heavy atom. The monoisotopic (exact) mass is 635 g/mol. The third-order valence-corrected chi connectivity index (χ3v) is 9.49. The minimum Gasteiger partial charge on any atom is -0.495 e. The van der Waals surface area contributed by atoms with E-state index in [0.717, 1.165) is 70.5 Å². The highest BCUT2D eigenvalue weighted by atomic mass is 19.4. The molecule has 2 saturated heterocycles. The molecular weight excluding hydrogens is 595 g/mol. The second kappa shape index (κ2) is 13.4. The highest BCUT2D eigenvalue weighted by Crippen LogP contribution is 2.43. The largest absolute Gasteiger partial charge is 0.495 e. The molecule has 1 aromatic heterocycles. The first-order valence-corrected chi connectivity index (χ1v) is 15.9. The molecule has 1 aliphatic carbocycles. The van der Waals surface area contributed by atoms with Gasteiger partial charge in [0.25, 0.3) is 5.91 Å². The van der Waals surface area contributed by atoms with Gasteiger partial charge in [-0.2, -0.15) is 13.2 Å². The predicted octanol–water partition coefficient (Wildman–Crippen LogP) is 6.16. The molecule has 11 heteroatoms. The number of halogens is 3. The van der Waals surface area contributed by atoms with Crippen molar-refractivity contribution in [3.63, 3.8) is 0 Å². The number of aliphatic imine (C=N–C) groups is 1. The summed E-state index contributed by atoms with van der Waals surface area (Å²) in [5.41, 5.74) is 4.02. The topological polar surface area (TPSA) is 80.1 Å². The SMILES string of the molecule is CNC(=O)c1ccc(NCC#Cc2cc3c(N=C4CCC(N5CC6(CCOCC6)C5)CC4)cccc3n2CC(F)(F)F)c(OC)c1. The van der Waals surface area contributed by atoms with Crippen molar-refractivity contribution in [1.29, 1.82) is 0 Å². The van der Waals surface area contributed by atoms with Crippen LogP contribution in [0.2, 0.25) is 0 Å². The number of nitrogens with zero attached hydrogens (tertiary/aromatic N) is 3. The van der Waals surface area contributed by atoms with Crippen molar-refractivity contribution in [2.24, 2.45) is 10.4 Å². The van der Waals surface area contributed by atoms with E-state index < -0.39 is 12.7 Å². The number of rotatable bonds is 7. The Morgan fingerprint density at radius 1 is 1.13 bits per heavy atom. The highest BCUT2D eigenvalue weighted by Gasteiger charge is 2.46. The summed E-state index contributed by atoms with van der Waals surface area (Å²) in [6.45, 7) is 3.09. The summed E-state index contributed by atoms with van der Waals surface area (Å²) in [6, 6.07) is 12.6. The van der Waals surface area contributed by atoms with Gasteiger partial charge in [0.1, 0.15) is 12.3 Å². The van der Waals surface area contributed by atoms with E-state index in [1.54, 1.807) is 43.4 Å². The van der Waals surface area contributed by atoms with Gasteiger partial charge in [-0.25, -0.2) is 0 Å². The number of alkyl halides is 3. The quantitative estimate of drug-likeness (QED) is 0.304. The van der Waals surface area contributed by atoms with Gasteiger partial charge < -0.3 is 24.7 Å². The number of carbonyl (C=O) groups excluding carboxylic acids is 1. The van der Waals surface area contributed by atoms with Crippen LogP contribution in [0.15, 0.2) is 47.5 Å². The van der Waals surface area contributed by atoms with E-state index in [2.05, 4.69) is 27.4 Å². The molecule has 0 unspecified atom stereocenters. The lowest BCUT2D eigenvalue weighted by Gasteiger charge is -2.55. The van der Waals surface area contributed by atoms with Crippen molar-refractivity contribution in [3.8, 4) is 17.6 Å². The zero-order valence-electron chi connectivity index (χ0n) is 26.3. The van der Waals surface area contributed by atoms with Crippen LogP contribution in [0.5, 0.6) is 5.75 Å². The summed E-state index contributed by atoms with van der Waals surface area (Å²) in [5, 5.41) is 6.36. The molecule has 8 nitrogen and oxygen atoms in total. The Kier molecular flexibility index (Phi) is 9.29. The maximum absolute atomic E-state index is 13.7. The van der Waals surface area contributed by atoms with E-state index in [1.165, 1.54) is 11.7 Å². The van der Waals surface area contributed by atoms with E-state index in [4.69, 9.17) is 14.5 Å². The van der Waals surface area contributed by atoms with E-state index in [9.17, 15) is 18.0 Å². The minimum atomic E-state index is -4.42. The third-order valence-electron chi connectivity index (χ3n) is 9.49. The molecule has 0 radical (unpaired) electrons. The predicted molar refractivity (Wildman–Crippen MR) is 173 cm³/mol. The van der Waals surface area contributed by atoms with Gasteiger partial charge in [-0.3, -0.25) is 14.7 Å². The normalized spacial score (nSPS) is 19.7. The van der Waals surface area contributed by atoms with Gasteiger partial charge in [0, 0.05) is 61.5 Å². The van der Waals surface area contributed by atoms with E-state index in [0.29, 0.717) is 45.0 Å². The number of nitrogens with one attached hydrogen (secondary N) is 2. The standard InChI is InChI=1S/C35H40F3N5O3/c1-39-33(44)24-8-13-30(32(19-24)45-2)40-16-4-5-27-20-28-29(6-3-7-31(28)43(27)23-35(36,37)38)41-25-9-11-26(12-10-25)42-21-34(22-42)14-17-46-18-15-34/h3,6-8,13,19-20,26,40H,9-12,14-18,21-23H2,1-2H3,(H,39,44). The first-order chi connectivity index (χ1) is 22.2. The number of likely N-dealkylation sites (tertiary alicyclic amines) is 1. The molecule has 0 atom stereocenters. The molecule has 2 N–H and O–H groups in total. The second-order valence-electron chi connectivity index (χ2n) is 12.5. The molecule has 2 aromatic carbocycles. The van der Waals surface area contributed by atoms with Gasteiger partial charge in [0.05, 0.1) is 36.2 Å². The Bertz CT molecular complexity index is 1660. The average Bonchev–Trinajstić information content (AvgIpc) is 3.38. The zero-order chi connectivity index (χ0) is 32.3. The number of benzene rings is 2. The van der Waals surface area contributed by atoms with Crippen molar-refractivity contribution in [1.82, 2.24) is 14.8 Å². The maximum atomic E-state index is 13.7. The summed E-state index contributed by atoms with van der Waals surface area (Å²) in [6.07, 6.45) is 1.80. The van der Waals surface area contributed by atoms with Gasteiger partial charge in [0.15, 0.2) is 0 Å². The van der Waals surface area contributed by atoms with Crippen LogP contribution in [-0.2, 0) is 11.3 Å². The van der Waals surface area contributed by atoms with Crippen molar-refractivity contribution in [2.45, 2.75) is 57.3 Å². The molecule has 3 aromatic rings. The van der Waals surface area contributed by atoms with Crippen LogP contribution in [0, 0.1) is 17.3 Å². The van der Waals surface area contributed by atoms with Crippen LogP contribution >= 0.6 is 0 Å². The molecule has 244 valence electrons. The molecule has 0 bridgehead atoms. The summed E-state index contributed by atoms with van der Waals surface area (Å²) in [5.74, 6) is 6.11. The molecule has 1 spiro atoms. The lowest BCUT2D eigenvalue weighted by Crippen LogP contribution is -2.61. The van der Waals surface area contributed by atoms with Gasteiger partial charge >= 0.3 is 6.18 Å². The second-order valence-corrected chi connectivity index (χ2v) is 12.5. The van der Waals surface area contributed by atoms with Gasteiger partial charge in [-0.15, -0.1) is 0 Å². The minimum absolute atomic E-state index is 0.158. The van der Waals surface area contributed by atoms with E-state index in [-0.39, 0.29) is 18.1 Å². The fraction of sp³-hybridized carbons (Fsp3) is 0.486.